The van der Waals surface area contributed by atoms with Crippen LogP contribution in [0, 0.1) is 0 Å². The summed E-state index contributed by atoms with van der Waals surface area (Å²) in [6.07, 6.45) is 4.43. The van der Waals surface area contributed by atoms with Gasteiger partial charge in [0.15, 0.2) is 6.61 Å². The van der Waals surface area contributed by atoms with E-state index >= 15 is 0 Å². The van der Waals surface area contributed by atoms with Crippen molar-refractivity contribution in [2.24, 2.45) is 5.10 Å². The molecule has 0 atom stereocenters. The van der Waals surface area contributed by atoms with Crippen molar-refractivity contribution in [2.75, 3.05) is 11.9 Å². The minimum atomic E-state index is -0.460. The van der Waals surface area contributed by atoms with E-state index in [0.29, 0.717) is 21.5 Å². The highest BCUT2D eigenvalue weighted by Gasteiger charge is 2.15. The van der Waals surface area contributed by atoms with Crippen LogP contribution in [0.2, 0.25) is 10.0 Å². The van der Waals surface area contributed by atoms with Gasteiger partial charge in [-0.1, -0.05) is 35.3 Å². The summed E-state index contributed by atoms with van der Waals surface area (Å²) in [5.41, 5.74) is 6.25. The molecule has 8 heteroatoms. The Morgan fingerprint density at radius 2 is 1.90 bits per heavy atom. The molecular weight excluding hydrogens is 425 g/mol. The van der Waals surface area contributed by atoms with E-state index in [1.165, 1.54) is 23.6 Å². The molecule has 0 spiro atoms. The lowest BCUT2D eigenvalue weighted by atomic mass is 9.90. The number of nitrogens with zero attached hydrogens (tertiary/aromatic N) is 1. The highest BCUT2D eigenvalue weighted by atomic mass is 35.5. The quantitative estimate of drug-likeness (QED) is 0.473. The molecular formula is C22H23Cl2N3O3. The third-order valence-corrected chi connectivity index (χ3v) is 5.24. The number of carbonyl (C=O) groups is 2. The van der Waals surface area contributed by atoms with Crippen molar-refractivity contribution >= 4 is 46.4 Å². The smallest absolute Gasteiger partial charge is 0.277 e. The van der Waals surface area contributed by atoms with Crippen LogP contribution in [0.1, 0.15) is 37.3 Å². The first-order valence-corrected chi connectivity index (χ1v) is 10.5. The monoisotopic (exact) mass is 447 g/mol. The van der Waals surface area contributed by atoms with Gasteiger partial charge < -0.3 is 10.1 Å². The summed E-state index contributed by atoms with van der Waals surface area (Å²) in [7, 11) is 0. The second kappa shape index (κ2) is 10.5. The lowest BCUT2D eigenvalue weighted by molar-refractivity contribution is -0.123. The van der Waals surface area contributed by atoms with Crippen LogP contribution in [0.4, 0.5) is 5.69 Å². The van der Waals surface area contributed by atoms with E-state index in [4.69, 9.17) is 27.9 Å². The van der Waals surface area contributed by atoms with Gasteiger partial charge in [-0.3, -0.25) is 9.59 Å². The number of hydrazone groups is 1. The van der Waals surface area contributed by atoms with Gasteiger partial charge >= 0.3 is 0 Å². The minimum absolute atomic E-state index is 0.0772. The number of amides is 2. The van der Waals surface area contributed by atoms with E-state index in [9.17, 15) is 9.59 Å². The van der Waals surface area contributed by atoms with Gasteiger partial charge in [0.2, 0.25) is 5.91 Å². The fourth-order valence-corrected chi connectivity index (χ4v) is 3.75. The van der Waals surface area contributed by atoms with Crippen molar-refractivity contribution in [3.05, 3.63) is 57.6 Å². The summed E-state index contributed by atoms with van der Waals surface area (Å²) in [6, 6.07) is 10.7. The third kappa shape index (κ3) is 6.21. The lowest BCUT2D eigenvalue weighted by Gasteiger charge is -2.19. The Hall–Kier alpha value is -2.57. The van der Waals surface area contributed by atoms with Crippen molar-refractivity contribution in [2.45, 2.75) is 39.0 Å². The zero-order valence-electron chi connectivity index (χ0n) is 16.6. The van der Waals surface area contributed by atoms with Crippen LogP contribution in [0.5, 0.6) is 5.75 Å². The maximum Gasteiger partial charge on any atom is 0.277 e. The Morgan fingerprint density at radius 3 is 2.70 bits per heavy atom. The molecule has 6 nitrogen and oxygen atoms in total. The van der Waals surface area contributed by atoms with E-state index in [-0.39, 0.29) is 18.9 Å². The second-order valence-corrected chi connectivity index (χ2v) is 7.96. The second-order valence-electron chi connectivity index (χ2n) is 7.12. The topological polar surface area (TPSA) is 79.8 Å². The van der Waals surface area contributed by atoms with Crippen LogP contribution in [0.25, 0.3) is 0 Å². The Morgan fingerprint density at radius 1 is 1.10 bits per heavy atom. The van der Waals surface area contributed by atoms with E-state index in [1.807, 2.05) is 12.1 Å². The molecule has 2 amide bonds. The number of hydrogen-bond acceptors (Lipinski definition) is 4. The maximum absolute atomic E-state index is 12.4. The number of benzene rings is 2. The Labute approximate surface area is 185 Å². The highest BCUT2D eigenvalue weighted by molar-refractivity contribution is 6.35. The van der Waals surface area contributed by atoms with Crippen molar-refractivity contribution in [3.63, 3.8) is 0 Å². The molecule has 2 N–H and O–H groups in total. The molecule has 0 aliphatic heterocycles. The van der Waals surface area contributed by atoms with Crippen LogP contribution in [-0.4, -0.2) is 24.1 Å². The van der Waals surface area contributed by atoms with Crippen molar-refractivity contribution in [1.82, 2.24) is 5.43 Å². The number of anilines is 1. The van der Waals surface area contributed by atoms with E-state index in [0.717, 1.165) is 24.9 Å². The molecule has 158 valence electrons. The van der Waals surface area contributed by atoms with Gasteiger partial charge in [-0.2, -0.15) is 5.10 Å². The van der Waals surface area contributed by atoms with E-state index in [2.05, 4.69) is 21.9 Å². The van der Waals surface area contributed by atoms with Crippen molar-refractivity contribution < 1.29 is 14.3 Å². The number of carbonyl (C=O) groups excluding carboxylic acids is 2. The number of ether oxygens (including phenoxy) is 1. The van der Waals surface area contributed by atoms with Gasteiger partial charge in [0.1, 0.15) is 5.75 Å². The molecule has 3 rings (SSSR count). The molecule has 0 bridgehead atoms. The summed E-state index contributed by atoms with van der Waals surface area (Å²) < 4.78 is 5.35. The zero-order valence-corrected chi connectivity index (χ0v) is 18.1. The average Bonchev–Trinajstić information content (AvgIpc) is 2.72. The lowest BCUT2D eigenvalue weighted by Crippen LogP contribution is -2.26. The predicted molar refractivity (Wildman–Crippen MR) is 120 cm³/mol. The van der Waals surface area contributed by atoms with Gasteiger partial charge in [-0.05, 0) is 68.0 Å². The SMILES string of the molecule is C/C(CC(=O)Nc1cccc2c1CCCC2)=N\NC(=O)COc1ccc(Cl)cc1Cl. The molecule has 2 aromatic carbocycles. The summed E-state index contributed by atoms with van der Waals surface area (Å²) in [5, 5.41) is 7.72. The molecule has 0 saturated carbocycles. The first-order valence-electron chi connectivity index (χ1n) is 9.73. The number of fused-ring (bicyclic) bond motifs is 1. The molecule has 0 radical (unpaired) electrons. The van der Waals surface area contributed by atoms with Crippen LogP contribution in [0.15, 0.2) is 41.5 Å². The Kier molecular flexibility index (Phi) is 7.71. The summed E-state index contributed by atoms with van der Waals surface area (Å²) in [6.45, 7) is 1.41. The van der Waals surface area contributed by atoms with E-state index in [1.54, 1.807) is 19.1 Å². The minimum Gasteiger partial charge on any atom is -0.482 e. The first kappa shape index (κ1) is 22.1. The van der Waals surface area contributed by atoms with Crippen molar-refractivity contribution in [1.29, 1.82) is 0 Å². The molecule has 2 aromatic rings. The summed E-state index contributed by atoms with van der Waals surface area (Å²) in [4.78, 5) is 24.3. The third-order valence-electron chi connectivity index (χ3n) is 4.71. The Balaban J connectivity index is 1.47. The predicted octanol–water partition coefficient (Wildman–Crippen LogP) is 4.77. The number of aryl methyl sites for hydroxylation is 1. The van der Waals surface area contributed by atoms with Gasteiger partial charge in [0.05, 0.1) is 11.4 Å². The number of nitrogens with one attached hydrogen (secondary N) is 2. The largest absolute Gasteiger partial charge is 0.482 e. The van der Waals surface area contributed by atoms with Crippen LogP contribution >= 0.6 is 23.2 Å². The fraction of sp³-hybridized carbons (Fsp3) is 0.318. The summed E-state index contributed by atoms with van der Waals surface area (Å²) >= 11 is 11.8. The van der Waals surface area contributed by atoms with Crippen LogP contribution in [0.3, 0.4) is 0 Å². The maximum atomic E-state index is 12.4. The molecule has 0 unspecified atom stereocenters. The van der Waals surface area contributed by atoms with Gasteiger partial charge in [0, 0.05) is 16.4 Å². The fourth-order valence-electron chi connectivity index (χ4n) is 3.29. The molecule has 0 fully saturated rings. The van der Waals surface area contributed by atoms with Crippen LogP contribution < -0.4 is 15.5 Å². The zero-order chi connectivity index (χ0) is 21.5. The molecule has 0 saturated heterocycles. The summed E-state index contributed by atoms with van der Waals surface area (Å²) in [5.74, 6) is -0.283. The normalized spacial score (nSPS) is 13.4. The molecule has 1 aliphatic rings. The molecule has 30 heavy (non-hydrogen) atoms. The first-order chi connectivity index (χ1) is 14.4. The van der Waals surface area contributed by atoms with E-state index < -0.39 is 5.91 Å². The number of rotatable bonds is 7. The number of hydrogen-bond donors (Lipinski definition) is 2. The molecule has 0 heterocycles. The van der Waals surface area contributed by atoms with Crippen LogP contribution in [-0.2, 0) is 22.4 Å². The van der Waals surface area contributed by atoms with Gasteiger partial charge in [-0.15, -0.1) is 0 Å². The van der Waals surface area contributed by atoms with Gasteiger partial charge in [0.25, 0.3) is 5.91 Å². The highest BCUT2D eigenvalue weighted by Crippen LogP contribution is 2.28. The molecule has 0 aromatic heterocycles. The average molecular weight is 448 g/mol. The molecule has 1 aliphatic carbocycles. The van der Waals surface area contributed by atoms with Crippen molar-refractivity contribution in [3.8, 4) is 5.75 Å². The Bertz CT molecular complexity index is 976. The standard InChI is InChI=1S/C22H23Cl2N3O3/c1-14(26-27-22(29)13-30-20-10-9-16(23)12-18(20)24)11-21(28)25-19-8-4-6-15-5-2-3-7-17(15)19/h4,6,8-10,12H,2-3,5,7,11,13H2,1H3,(H,25,28)(H,27,29)/b26-14+. The number of halogens is 2. The van der Waals surface area contributed by atoms with Gasteiger partial charge in [-0.25, -0.2) is 5.43 Å².